The van der Waals surface area contributed by atoms with Crippen LogP contribution in [-0.2, 0) is 0 Å². The van der Waals surface area contributed by atoms with Gasteiger partial charge in [0.2, 0.25) is 0 Å². The van der Waals surface area contributed by atoms with Crippen LogP contribution in [0.4, 0.5) is 0 Å². The molecular formula is C13H7NO5. The number of carboxylic acid groups (broad SMARTS) is 1. The standard InChI is InChI=1S/C13H7NO5/c15-8-4-3-6-9-5(11(16)14-12(6)17)1-2-7(10(8)9)13(18)19/h1-4,15H,(H,18,19)(H,14,16,17). The van der Waals surface area contributed by atoms with Crippen molar-refractivity contribution in [3.05, 3.63) is 41.0 Å². The van der Waals surface area contributed by atoms with Gasteiger partial charge in [-0.1, -0.05) is 0 Å². The van der Waals surface area contributed by atoms with E-state index in [-0.39, 0.29) is 33.2 Å². The van der Waals surface area contributed by atoms with Crippen LogP contribution < -0.4 is 5.32 Å². The van der Waals surface area contributed by atoms with Gasteiger partial charge < -0.3 is 10.2 Å². The molecule has 0 bridgehead atoms. The maximum Gasteiger partial charge on any atom is 0.336 e. The molecule has 3 N–H and O–H groups in total. The minimum atomic E-state index is -1.24. The first kappa shape index (κ1) is 11.2. The summed E-state index contributed by atoms with van der Waals surface area (Å²) >= 11 is 0. The molecule has 0 aliphatic carbocycles. The molecule has 1 aliphatic heterocycles. The Morgan fingerprint density at radius 3 is 2.11 bits per heavy atom. The Morgan fingerprint density at radius 1 is 0.947 bits per heavy atom. The summed E-state index contributed by atoms with van der Waals surface area (Å²) in [6.45, 7) is 0. The first-order valence-corrected chi connectivity index (χ1v) is 5.38. The maximum atomic E-state index is 11.7. The molecule has 94 valence electrons. The molecule has 6 heteroatoms. The Bertz CT molecular complexity index is 758. The second kappa shape index (κ2) is 3.55. The number of imide groups is 1. The van der Waals surface area contributed by atoms with E-state index >= 15 is 0 Å². The third-order valence-corrected chi connectivity index (χ3v) is 3.09. The van der Waals surface area contributed by atoms with Gasteiger partial charge in [-0.3, -0.25) is 14.9 Å². The van der Waals surface area contributed by atoms with E-state index in [1.165, 1.54) is 24.3 Å². The van der Waals surface area contributed by atoms with Crippen LogP contribution in [0.1, 0.15) is 31.1 Å². The number of nitrogens with one attached hydrogen (secondary N) is 1. The van der Waals surface area contributed by atoms with Gasteiger partial charge in [0.1, 0.15) is 5.75 Å². The summed E-state index contributed by atoms with van der Waals surface area (Å²) in [5, 5.41) is 21.3. The monoisotopic (exact) mass is 257 g/mol. The van der Waals surface area contributed by atoms with Crippen molar-refractivity contribution < 1.29 is 24.6 Å². The van der Waals surface area contributed by atoms with Crippen molar-refractivity contribution in [2.75, 3.05) is 0 Å². The number of phenols is 1. The summed E-state index contributed by atoms with van der Waals surface area (Å²) in [5.74, 6) is -2.73. The lowest BCUT2D eigenvalue weighted by Crippen LogP contribution is -2.34. The molecule has 2 aromatic rings. The second-order valence-electron chi connectivity index (χ2n) is 4.13. The number of carboxylic acids is 1. The van der Waals surface area contributed by atoms with Crippen molar-refractivity contribution in [2.24, 2.45) is 0 Å². The molecular weight excluding hydrogens is 250 g/mol. The van der Waals surface area contributed by atoms with E-state index in [0.717, 1.165) is 0 Å². The summed E-state index contributed by atoms with van der Waals surface area (Å²) in [4.78, 5) is 34.6. The smallest absolute Gasteiger partial charge is 0.336 e. The molecule has 0 radical (unpaired) electrons. The first-order valence-electron chi connectivity index (χ1n) is 5.38. The largest absolute Gasteiger partial charge is 0.507 e. The number of aromatic hydroxyl groups is 1. The minimum Gasteiger partial charge on any atom is -0.507 e. The van der Waals surface area contributed by atoms with Crippen molar-refractivity contribution in [1.82, 2.24) is 5.32 Å². The van der Waals surface area contributed by atoms with E-state index in [4.69, 9.17) is 5.11 Å². The highest BCUT2D eigenvalue weighted by Gasteiger charge is 2.28. The zero-order valence-electron chi connectivity index (χ0n) is 9.43. The van der Waals surface area contributed by atoms with Gasteiger partial charge in [-0.25, -0.2) is 4.79 Å². The van der Waals surface area contributed by atoms with Gasteiger partial charge in [-0.2, -0.15) is 0 Å². The van der Waals surface area contributed by atoms with Crippen molar-refractivity contribution in [1.29, 1.82) is 0 Å². The third-order valence-electron chi connectivity index (χ3n) is 3.09. The predicted molar refractivity (Wildman–Crippen MR) is 64.4 cm³/mol. The Balaban J connectivity index is 2.58. The molecule has 0 atom stereocenters. The number of phenolic OH excluding ortho intramolecular Hbond substituents is 1. The number of rotatable bonds is 1. The SMILES string of the molecule is O=C(O)c1ccc2c3c(ccc(O)c13)C(=O)NC2=O. The van der Waals surface area contributed by atoms with Crippen molar-refractivity contribution in [2.45, 2.75) is 0 Å². The molecule has 0 fully saturated rings. The second-order valence-corrected chi connectivity index (χ2v) is 4.13. The Morgan fingerprint density at radius 2 is 1.53 bits per heavy atom. The zero-order valence-corrected chi connectivity index (χ0v) is 9.43. The number of hydrogen-bond donors (Lipinski definition) is 3. The summed E-state index contributed by atoms with van der Waals surface area (Å²) in [6.07, 6.45) is 0. The highest BCUT2D eigenvalue weighted by atomic mass is 16.4. The topological polar surface area (TPSA) is 104 Å². The van der Waals surface area contributed by atoms with Gasteiger partial charge in [0.15, 0.2) is 0 Å². The normalized spacial score (nSPS) is 13.5. The number of carbonyl (C=O) groups is 3. The van der Waals surface area contributed by atoms with Crippen molar-refractivity contribution in [3.63, 3.8) is 0 Å². The first-order chi connectivity index (χ1) is 9.00. The fraction of sp³-hybridized carbons (Fsp3) is 0. The number of hydrogen-bond acceptors (Lipinski definition) is 4. The molecule has 0 saturated carbocycles. The van der Waals surface area contributed by atoms with Crippen LogP contribution in [0, 0.1) is 0 Å². The Labute approximate surface area is 106 Å². The number of carbonyl (C=O) groups excluding carboxylic acids is 2. The van der Waals surface area contributed by atoms with Gasteiger partial charge in [0.25, 0.3) is 11.8 Å². The van der Waals surface area contributed by atoms with Crippen molar-refractivity contribution >= 4 is 28.6 Å². The number of benzene rings is 2. The molecule has 0 unspecified atom stereocenters. The quantitative estimate of drug-likeness (QED) is 0.664. The van der Waals surface area contributed by atoms with Gasteiger partial charge >= 0.3 is 5.97 Å². The molecule has 2 amide bonds. The van der Waals surface area contributed by atoms with E-state index in [1.807, 2.05) is 0 Å². The Hall–Kier alpha value is -2.89. The van der Waals surface area contributed by atoms with E-state index in [0.29, 0.717) is 0 Å². The summed E-state index contributed by atoms with van der Waals surface area (Å²) in [5.41, 5.74) is 0.191. The van der Waals surface area contributed by atoms with E-state index in [1.54, 1.807) is 0 Å². The van der Waals surface area contributed by atoms with Crippen LogP contribution in [0.3, 0.4) is 0 Å². The summed E-state index contributed by atoms with van der Waals surface area (Å²) < 4.78 is 0. The molecule has 1 aliphatic rings. The van der Waals surface area contributed by atoms with Gasteiger partial charge in [0.05, 0.1) is 5.56 Å². The molecule has 2 aromatic carbocycles. The van der Waals surface area contributed by atoms with Crippen LogP contribution in [-0.4, -0.2) is 28.0 Å². The van der Waals surface area contributed by atoms with Gasteiger partial charge in [-0.15, -0.1) is 0 Å². The van der Waals surface area contributed by atoms with Crippen LogP contribution in [0.2, 0.25) is 0 Å². The summed E-state index contributed by atoms with van der Waals surface area (Å²) in [7, 11) is 0. The zero-order chi connectivity index (χ0) is 13.7. The summed E-state index contributed by atoms with van der Waals surface area (Å²) in [6, 6.07) is 5.16. The predicted octanol–water partition coefficient (Wildman–Crippen LogP) is 1.13. The molecule has 6 nitrogen and oxygen atoms in total. The fourth-order valence-electron chi connectivity index (χ4n) is 2.27. The lowest BCUT2D eigenvalue weighted by atomic mass is 9.91. The van der Waals surface area contributed by atoms with E-state index in [9.17, 15) is 19.5 Å². The average Bonchev–Trinajstić information content (AvgIpc) is 2.36. The fourth-order valence-corrected chi connectivity index (χ4v) is 2.27. The Kier molecular flexibility index (Phi) is 2.10. The van der Waals surface area contributed by atoms with Crippen LogP contribution in [0.5, 0.6) is 5.75 Å². The maximum absolute atomic E-state index is 11.7. The van der Waals surface area contributed by atoms with Crippen molar-refractivity contribution in [3.8, 4) is 5.75 Å². The molecule has 0 spiro atoms. The molecule has 19 heavy (non-hydrogen) atoms. The van der Waals surface area contributed by atoms with Crippen LogP contribution >= 0.6 is 0 Å². The molecule has 3 rings (SSSR count). The average molecular weight is 257 g/mol. The molecule has 0 saturated heterocycles. The number of amides is 2. The molecule has 0 aromatic heterocycles. The lowest BCUT2D eigenvalue weighted by molar-refractivity contribution is 0.0697. The highest BCUT2D eigenvalue weighted by molar-refractivity contribution is 6.28. The van der Waals surface area contributed by atoms with E-state index in [2.05, 4.69) is 5.32 Å². The van der Waals surface area contributed by atoms with Gasteiger partial charge in [-0.05, 0) is 24.3 Å². The lowest BCUT2D eigenvalue weighted by Gasteiger charge is -2.18. The minimum absolute atomic E-state index is 0.00528. The molecule has 1 heterocycles. The third kappa shape index (κ3) is 1.40. The van der Waals surface area contributed by atoms with E-state index < -0.39 is 17.8 Å². The highest BCUT2D eigenvalue weighted by Crippen LogP contribution is 2.35. The van der Waals surface area contributed by atoms with Gasteiger partial charge in [0, 0.05) is 21.9 Å². The van der Waals surface area contributed by atoms with Crippen LogP contribution in [0.25, 0.3) is 10.8 Å². The number of aromatic carboxylic acids is 1. The van der Waals surface area contributed by atoms with Crippen LogP contribution in [0.15, 0.2) is 24.3 Å².